The van der Waals surface area contributed by atoms with Crippen LogP contribution in [0.4, 0.5) is 0 Å². The third kappa shape index (κ3) is 3.57. The maximum absolute atomic E-state index is 12.9. The smallest absolute Gasteiger partial charge is 0.388 e. The highest BCUT2D eigenvalue weighted by Crippen LogP contribution is 2.27. The summed E-state index contributed by atoms with van der Waals surface area (Å²) < 4.78 is 7.24. The maximum Gasteiger partial charge on any atom is 0.388 e. The molecule has 0 radical (unpaired) electrons. The molecule has 0 amide bonds. The van der Waals surface area contributed by atoms with E-state index in [1.807, 2.05) is 83.6 Å². The van der Waals surface area contributed by atoms with E-state index in [-0.39, 0.29) is 5.97 Å². The first-order valence-corrected chi connectivity index (χ1v) is 9.94. The number of nitrogens with zero attached hydrogens (tertiary/aromatic N) is 2. The zero-order valence-corrected chi connectivity index (χ0v) is 16.2. The minimum atomic E-state index is -0.368. The third-order valence-corrected chi connectivity index (χ3v) is 5.09. The molecule has 0 aliphatic carbocycles. The van der Waals surface area contributed by atoms with Crippen molar-refractivity contribution < 1.29 is 14.1 Å². The molecular weight excluding hydrogens is 368 g/mol. The van der Waals surface area contributed by atoms with Crippen molar-refractivity contribution >= 4 is 17.3 Å². The molecule has 5 heteroatoms. The molecule has 0 fully saturated rings. The molecule has 0 aliphatic rings. The number of aromatic nitrogens is 2. The number of benzene rings is 2. The number of hydrogen-bond acceptors (Lipinski definition) is 4. The standard InChI is InChI=1S/C23H19N2O2S/c1-2-27-22(26)21-16-19(17-9-5-3-6-10-17)15-20(18-11-7-4-8-12-18)25(21)23-24-13-14-28-23/h3-16H,2H2,1H3/q+1. The fraction of sp³-hybridized carbons (Fsp3) is 0.0870. The summed E-state index contributed by atoms with van der Waals surface area (Å²) in [4.78, 5) is 17.3. The van der Waals surface area contributed by atoms with Gasteiger partial charge in [0.2, 0.25) is 5.69 Å². The first kappa shape index (κ1) is 18.1. The van der Waals surface area contributed by atoms with Crippen LogP contribution in [0.15, 0.2) is 84.4 Å². The molecule has 0 spiro atoms. The number of carbonyl (C=O) groups excluding carboxylic acids is 1. The molecule has 2 heterocycles. The lowest BCUT2D eigenvalue weighted by Crippen LogP contribution is -2.41. The lowest BCUT2D eigenvalue weighted by Gasteiger charge is -2.12. The van der Waals surface area contributed by atoms with Gasteiger partial charge in [0.15, 0.2) is 6.20 Å². The van der Waals surface area contributed by atoms with Gasteiger partial charge in [-0.3, -0.25) is 0 Å². The van der Waals surface area contributed by atoms with Crippen LogP contribution in [0.2, 0.25) is 0 Å². The van der Waals surface area contributed by atoms with Crippen molar-refractivity contribution in [2.75, 3.05) is 6.61 Å². The van der Waals surface area contributed by atoms with E-state index in [1.165, 1.54) is 11.3 Å². The second-order valence-electron chi connectivity index (χ2n) is 6.12. The average molecular weight is 387 g/mol. The van der Waals surface area contributed by atoms with Gasteiger partial charge < -0.3 is 4.74 Å². The first-order valence-electron chi connectivity index (χ1n) is 9.06. The minimum Gasteiger partial charge on any atom is -0.460 e. The Bertz CT molecular complexity index is 1080. The van der Waals surface area contributed by atoms with E-state index in [0.29, 0.717) is 12.3 Å². The predicted octanol–water partition coefficient (Wildman–Crippen LogP) is 4.93. The van der Waals surface area contributed by atoms with E-state index in [4.69, 9.17) is 4.74 Å². The van der Waals surface area contributed by atoms with Crippen molar-refractivity contribution in [1.29, 1.82) is 0 Å². The number of hydrogen-bond donors (Lipinski definition) is 0. The Morgan fingerprint density at radius 1 is 0.964 bits per heavy atom. The van der Waals surface area contributed by atoms with Gasteiger partial charge in [-0.1, -0.05) is 72.0 Å². The normalized spacial score (nSPS) is 10.6. The molecule has 0 atom stereocenters. The Hall–Kier alpha value is -3.31. The molecule has 138 valence electrons. The molecule has 4 nitrogen and oxygen atoms in total. The van der Waals surface area contributed by atoms with Gasteiger partial charge in [0.25, 0.3) is 0 Å². The zero-order chi connectivity index (χ0) is 19.3. The monoisotopic (exact) mass is 387 g/mol. The Morgan fingerprint density at radius 3 is 2.25 bits per heavy atom. The van der Waals surface area contributed by atoms with Crippen molar-refractivity contribution in [3.8, 4) is 27.5 Å². The number of esters is 1. The van der Waals surface area contributed by atoms with Gasteiger partial charge in [-0.05, 0) is 29.1 Å². The third-order valence-electron chi connectivity index (χ3n) is 4.34. The molecule has 0 saturated heterocycles. The van der Waals surface area contributed by atoms with Gasteiger partial charge in [0.1, 0.15) is 5.69 Å². The Morgan fingerprint density at radius 2 is 1.64 bits per heavy atom. The van der Waals surface area contributed by atoms with Crippen molar-refractivity contribution in [3.63, 3.8) is 0 Å². The van der Waals surface area contributed by atoms with Crippen LogP contribution in [0.5, 0.6) is 0 Å². The number of thiazole rings is 1. The van der Waals surface area contributed by atoms with E-state index < -0.39 is 0 Å². The van der Waals surface area contributed by atoms with Gasteiger partial charge in [-0.25, -0.2) is 4.79 Å². The van der Waals surface area contributed by atoms with Gasteiger partial charge in [0.05, 0.1) is 6.61 Å². The van der Waals surface area contributed by atoms with Crippen molar-refractivity contribution in [2.24, 2.45) is 0 Å². The van der Waals surface area contributed by atoms with Crippen LogP contribution in [0.1, 0.15) is 17.4 Å². The van der Waals surface area contributed by atoms with E-state index in [1.54, 1.807) is 6.20 Å². The SMILES string of the molecule is CCOC(=O)c1cc(-c2ccccc2)cc(-c2ccccc2)[n+]1-c1nccs1. The van der Waals surface area contributed by atoms with Crippen molar-refractivity contribution in [2.45, 2.75) is 6.92 Å². The summed E-state index contributed by atoms with van der Waals surface area (Å²) in [5, 5.41) is 2.62. The van der Waals surface area contributed by atoms with E-state index in [0.717, 1.165) is 27.5 Å². The molecule has 0 bridgehead atoms. The number of ether oxygens (including phenoxy) is 1. The summed E-state index contributed by atoms with van der Waals surface area (Å²) in [6, 6.07) is 24.0. The fourth-order valence-corrected chi connectivity index (χ4v) is 3.77. The van der Waals surface area contributed by atoms with Gasteiger partial charge in [0, 0.05) is 17.0 Å². The Labute approximate surface area is 167 Å². The first-order chi connectivity index (χ1) is 13.8. The molecule has 4 aromatic rings. The summed E-state index contributed by atoms with van der Waals surface area (Å²) in [6.07, 6.45) is 1.74. The van der Waals surface area contributed by atoms with Crippen molar-refractivity contribution in [1.82, 2.24) is 4.98 Å². The van der Waals surface area contributed by atoms with Crippen molar-refractivity contribution in [3.05, 3.63) is 90.1 Å². The van der Waals surface area contributed by atoms with Crippen LogP contribution in [-0.2, 0) is 4.74 Å². The molecule has 0 saturated carbocycles. The van der Waals surface area contributed by atoms with Crippen LogP contribution < -0.4 is 4.57 Å². The number of carbonyl (C=O) groups is 1. The summed E-state index contributed by atoms with van der Waals surface area (Å²) in [5.41, 5.74) is 4.34. The highest BCUT2D eigenvalue weighted by Gasteiger charge is 2.27. The average Bonchev–Trinajstić information content (AvgIpc) is 3.29. The van der Waals surface area contributed by atoms with Gasteiger partial charge >= 0.3 is 11.1 Å². The molecule has 2 aromatic heterocycles. The second kappa shape index (κ2) is 8.15. The topological polar surface area (TPSA) is 43.1 Å². The van der Waals surface area contributed by atoms with Gasteiger partial charge in [-0.2, -0.15) is 4.57 Å². The number of rotatable bonds is 5. The second-order valence-corrected chi connectivity index (χ2v) is 6.99. The summed E-state index contributed by atoms with van der Waals surface area (Å²) in [6.45, 7) is 2.12. The minimum absolute atomic E-state index is 0.312. The number of pyridine rings is 1. The largest absolute Gasteiger partial charge is 0.460 e. The lowest BCUT2D eigenvalue weighted by atomic mass is 10.0. The molecule has 0 unspecified atom stereocenters. The van der Waals surface area contributed by atoms with Gasteiger partial charge in [-0.15, -0.1) is 0 Å². The molecule has 0 N–H and O–H groups in total. The van der Waals surface area contributed by atoms with E-state index in [2.05, 4.69) is 11.1 Å². The van der Waals surface area contributed by atoms with Crippen LogP contribution in [0, 0.1) is 0 Å². The van der Waals surface area contributed by atoms with E-state index in [9.17, 15) is 4.79 Å². The highest BCUT2D eigenvalue weighted by atomic mass is 32.1. The predicted molar refractivity (Wildman–Crippen MR) is 110 cm³/mol. The quantitative estimate of drug-likeness (QED) is 0.360. The van der Waals surface area contributed by atoms with Crippen LogP contribution >= 0.6 is 11.3 Å². The van der Waals surface area contributed by atoms with Crippen LogP contribution in [0.3, 0.4) is 0 Å². The molecule has 2 aromatic carbocycles. The zero-order valence-electron chi connectivity index (χ0n) is 15.4. The highest BCUT2D eigenvalue weighted by molar-refractivity contribution is 7.11. The van der Waals surface area contributed by atoms with Crippen LogP contribution in [-0.4, -0.2) is 17.6 Å². The van der Waals surface area contributed by atoms with Crippen LogP contribution in [0.25, 0.3) is 27.5 Å². The molecule has 28 heavy (non-hydrogen) atoms. The Balaban J connectivity index is 2.03. The molecular formula is C23H19N2O2S+. The fourth-order valence-electron chi connectivity index (χ4n) is 3.10. The summed E-state index contributed by atoms with van der Waals surface area (Å²) in [5.74, 6) is -0.368. The molecule has 0 aliphatic heterocycles. The van der Waals surface area contributed by atoms with E-state index >= 15 is 0 Å². The lowest BCUT2D eigenvalue weighted by molar-refractivity contribution is -0.586. The summed E-state index contributed by atoms with van der Waals surface area (Å²) in [7, 11) is 0. The molecule has 4 rings (SSSR count). The Kier molecular flexibility index (Phi) is 5.26. The summed E-state index contributed by atoms with van der Waals surface area (Å²) >= 11 is 1.48. The maximum atomic E-state index is 12.9.